The smallest absolute Gasteiger partial charge is 0.254 e. The van der Waals surface area contributed by atoms with Crippen molar-refractivity contribution >= 4 is 11.3 Å². The molecular weight excluding hydrogens is 404 g/mol. The van der Waals surface area contributed by atoms with Gasteiger partial charge >= 0.3 is 0 Å². The van der Waals surface area contributed by atoms with Crippen molar-refractivity contribution in [1.82, 2.24) is 10.1 Å². The summed E-state index contributed by atoms with van der Waals surface area (Å²) in [5.41, 5.74) is 3.55. The maximum absolute atomic E-state index is 5.85. The quantitative estimate of drug-likeness (QED) is 0.365. The Kier molecular flexibility index (Phi) is 8.11. The van der Waals surface area contributed by atoms with Gasteiger partial charge in [0, 0.05) is 18.0 Å². The van der Waals surface area contributed by atoms with Crippen molar-refractivity contribution in [3.63, 3.8) is 0 Å². The molecular formula is C26H30N2O2S. The second-order valence-corrected chi connectivity index (χ2v) is 9.16. The Morgan fingerprint density at radius 3 is 2.81 bits per heavy atom. The molecule has 0 spiro atoms. The van der Waals surface area contributed by atoms with Crippen LogP contribution < -0.4 is 4.74 Å². The monoisotopic (exact) mass is 434 g/mol. The number of likely N-dealkylation sites (N-methyl/N-ethyl adjacent to an activating group) is 1. The molecule has 2 aromatic heterocycles. The van der Waals surface area contributed by atoms with Crippen LogP contribution in [0.15, 0.2) is 63.8 Å². The number of thiophene rings is 1. The van der Waals surface area contributed by atoms with E-state index < -0.39 is 0 Å². The fourth-order valence-electron chi connectivity index (χ4n) is 2.91. The third-order valence-electron chi connectivity index (χ3n) is 4.54. The SMILES string of the molecule is CCN(CC=CC#CC(C)(C)C)Cc1cc(OCc2cccc(-c3ccsc3)c2)no1. The second-order valence-electron chi connectivity index (χ2n) is 8.38. The van der Waals surface area contributed by atoms with Crippen molar-refractivity contribution < 1.29 is 9.26 Å². The molecule has 0 fully saturated rings. The van der Waals surface area contributed by atoms with Gasteiger partial charge in [-0.05, 0) is 78.1 Å². The lowest BCUT2D eigenvalue weighted by Gasteiger charge is -2.15. The Labute approximate surface area is 189 Å². The molecule has 0 radical (unpaired) electrons. The molecule has 4 nitrogen and oxygen atoms in total. The number of rotatable bonds is 9. The van der Waals surface area contributed by atoms with Crippen molar-refractivity contribution in [2.75, 3.05) is 13.1 Å². The van der Waals surface area contributed by atoms with E-state index in [1.54, 1.807) is 11.3 Å². The van der Waals surface area contributed by atoms with Crippen molar-refractivity contribution in [2.45, 2.75) is 40.8 Å². The highest BCUT2D eigenvalue weighted by Crippen LogP contribution is 2.23. The molecule has 0 amide bonds. The Balaban J connectivity index is 1.51. The van der Waals surface area contributed by atoms with E-state index in [9.17, 15) is 0 Å². The van der Waals surface area contributed by atoms with Crippen LogP contribution in [-0.2, 0) is 13.2 Å². The molecule has 0 bridgehead atoms. The molecule has 0 atom stereocenters. The number of allylic oxidation sites excluding steroid dienone is 1. The third kappa shape index (κ3) is 7.75. The van der Waals surface area contributed by atoms with Crippen molar-refractivity contribution in [3.05, 3.63) is 70.6 Å². The summed E-state index contributed by atoms with van der Waals surface area (Å²) in [4.78, 5) is 2.25. The van der Waals surface area contributed by atoms with Gasteiger partial charge in [-0.1, -0.05) is 43.0 Å². The van der Waals surface area contributed by atoms with Crippen LogP contribution in [0.25, 0.3) is 11.1 Å². The zero-order valence-electron chi connectivity index (χ0n) is 18.7. The van der Waals surface area contributed by atoms with E-state index in [2.05, 4.69) is 96.8 Å². The van der Waals surface area contributed by atoms with E-state index >= 15 is 0 Å². The number of hydrogen-bond donors (Lipinski definition) is 0. The standard InChI is InChI=1S/C26H30N2O2S/c1-5-28(14-8-6-7-13-26(2,3)4)18-24-17-25(27-30-24)29-19-21-10-9-11-22(16-21)23-12-15-31-20-23/h6,8-12,15-17,20H,5,14,18-19H2,1-4H3. The van der Waals surface area contributed by atoms with Crippen LogP contribution in [0, 0.1) is 17.3 Å². The summed E-state index contributed by atoms with van der Waals surface area (Å²) < 4.78 is 11.3. The predicted molar refractivity (Wildman–Crippen MR) is 128 cm³/mol. The van der Waals surface area contributed by atoms with Gasteiger partial charge in [-0.2, -0.15) is 11.3 Å². The number of aromatic nitrogens is 1. The summed E-state index contributed by atoms with van der Waals surface area (Å²) in [6, 6.07) is 12.4. The maximum Gasteiger partial charge on any atom is 0.254 e. The second kappa shape index (κ2) is 11.0. The largest absolute Gasteiger partial charge is 0.471 e. The topological polar surface area (TPSA) is 38.5 Å². The van der Waals surface area contributed by atoms with Gasteiger partial charge in [0.1, 0.15) is 6.61 Å². The summed E-state index contributed by atoms with van der Waals surface area (Å²) >= 11 is 1.70. The Morgan fingerprint density at radius 1 is 1.19 bits per heavy atom. The van der Waals surface area contributed by atoms with E-state index in [-0.39, 0.29) is 5.41 Å². The van der Waals surface area contributed by atoms with Gasteiger partial charge in [0.25, 0.3) is 5.88 Å². The van der Waals surface area contributed by atoms with Crippen LogP contribution in [0.3, 0.4) is 0 Å². The van der Waals surface area contributed by atoms with Crippen LogP contribution in [0.5, 0.6) is 5.88 Å². The summed E-state index contributed by atoms with van der Waals surface area (Å²) in [6.07, 6.45) is 4.00. The Bertz CT molecular complexity index is 1030. The maximum atomic E-state index is 5.85. The van der Waals surface area contributed by atoms with Gasteiger partial charge in [0.2, 0.25) is 0 Å². The Morgan fingerprint density at radius 2 is 2.06 bits per heavy atom. The van der Waals surface area contributed by atoms with Gasteiger partial charge in [0.05, 0.1) is 6.54 Å². The third-order valence-corrected chi connectivity index (χ3v) is 5.23. The molecule has 3 rings (SSSR count). The molecule has 0 N–H and O–H groups in total. The molecule has 0 aliphatic rings. The highest BCUT2D eigenvalue weighted by atomic mass is 32.1. The molecule has 0 aliphatic heterocycles. The van der Waals surface area contributed by atoms with Crippen molar-refractivity contribution in [2.24, 2.45) is 5.41 Å². The van der Waals surface area contributed by atoms with Crippen LogP contribution in [0.4, 0.5) is 0 Å². The van der Waals surface area contributed by atoms with Crippen molar-refractivity contribution in [3.8, 4) is 28.8 Å². The summed E-state index contributed by atoms with van der Waals surface area (Å²) in [6.45, 7) is 11.3. The highest BCUT2D eigenvalue weighted by Gasteiger charge is 2.10. The molecule has 1 aromatic carbocycles. The van der Waals surface area contributed by atoms with Gasteiger partial charge in [0.15, 0.2) is 5.76 Å². The minimum atomic E-state index is 0.0240. The first kappa shape index (κ1) is 22.9. The lowest BCUT2D eigenvalue weighted by Crippen LogP contribution is -2.22. The van der Waals surface area contributed by atoms with Gasteiger partial charge in [-0.3, -0.25) is 4.90 Å². The molecule has 0 saturated heterocycles. The molecule has 0 unspecified atom stereocenters. The van der Waals surface area contributed by atoms with E-state index in [1.807, 2.05) is 12.1 Å². The zero-order chi connectivity index (χ0) is 22.1. The van der Waals surface area contributed by atoms with Crippen LogP contribution >= 0.6 is 11.3 Å². The predicted octanol–water partition coefficient (Wildman–Crippen LogP) is 6.41. The van der Waals surface area contributed by atoms with Gasteiger partial charge in [-0.15, -0.1) is 0 Å². The molecule has 3 aromatic rings. The van der Waals surface area contributed by atoms with E-state index in [1.165, 1.54) is 11.1 Å². The molecule has 31 heavy (non-hydrogen) atoms. The molecule has 0 aliphatic carbocycles. The lowest BCUT2D eigenvalue weighted by atomic mass is 9.98. The molecule has 0 saturated carbocycles. The number of hydrogen-bond acceptors (Lipinski definition) is 5. The first-order chi connectivity index (χ1) is 14.9. The van der Waals surface area contributed by atoms with Crippen molar-refractivity contribution in [1.29, 1.82) is 0 Å². The summed E-state index contributed by atoms with van der Waals surface area (Å²) in [7, 11) is 0. The average Bonchev–Trinajstić information content (AvgIpc) is 3.43. The Hall–Kier alpha value is -2.81. The van der Waals surface area contributed by atoms with Crippen LogP contribution in [0.1, 0.15) is 39.0 Å². The van der Waals surface area contributed by atoms with Gasteiger partial charge in [-0.25, -0.2) is 0 Å². The molecule has 2 heterocycles. The number of benzene rings is 1. The summed E-state index contributed by atoms with van der Waals surface area (Å²) in [5.74, 6) is 7.61. The van der Waals surface area contributed by atoms with E-state index in [0.29, 0.717) is 19.0 Å². The zero-order valence-corrected chi connectivity index (χ0v) is 19.5. The minimum Gasteiger partial charge on any atom is -0.471 e. The number of nitrogens with zero attached hydrogens (tertiary/aromatic N) is 2. The first-order valence-corrected chi connectivity index (χ1v) is 11.5. The number of ether oxygens (including phenoxy) is 1. The average molecular weight is 435 g/mol. The molecule has 162 valence electrons. The normalized spacial score (nSPS) is 11.6. The fourth-order valence-corrected chi connectivity index (χ4v) is 3.57. The lowest BCUT2D eigenvalue weighted by molar-refractivity contribution is 0.244. The van der Waals surface area contributed by atoms with Crippen LogP contribution in [-0.4, -0.2) is 23.1 Å². The van der Waals surface area contributed by atoms with Crippen LogP contribution in [0.2, 0.25) is 0 Å². The summed E-state index contributed by atoms with van der Waals surface area (Å²) in [5, 5.41) is 8.30. The first-order valence-electron chi connectivity index (χ1n) is 10.5. The van der Waals surface area contributed by atoms with Gasteiger partial charge < -0.3 is 9.26 Å². The molecule has 5 heteroatoms. The van der Waals surface area contributed by atoms with E-state index in [4.69, 9.17) is 9.26 Å². The highest BCUT2D eigenvalue weighted by molar-refractivity contribution is 7.08. The van der Waals surface area contributed by atoms with E-state index in [0.717, 1.165) is 24.4 Å². The fraction of sp³-hybridized carbons (Fsp3) is 0.346. The minimum absolute atomic E-state index is 0.0240.